The lowest BCUT2D eigenvalue weighted by Gasteiger charge is -2.38. The Morgan fingerprint density at radius 3 is 2.79 bits per heavy atom. The Morgan fingerprint density at radius 1 is 1.36 bits per heavy atom. The number of methoxy groups -OCH3 is 1. The Hall–Kier alpha value is -1.73. The molecule has 1 heterocycles. The van der Waals surface area contributed by atoms with Crippen molar-refractivity contribution in [3.8, 4) is 0 Å². The van der Waals surface area contributed by atoms with Crippen LogP contribution in [0.15, 0.2) is 42.5 Å². The van der Waals surface area contributed by atoms with Crippen molar-refractivity contribution in [3.05, 3.63) is 48.0 Å². The van der Waals surface area contributed by atoms with Crippen molar-refractivity contribution in [1.82, 2.24) is 5.32 Å². The molecule has 154 valence electrons. The van der Waals surface area contributed by atoms with Crippen LogP contribution in [0, 0.1) is 5.41 Å². The molecule has 0 aromatic heterocycles. The highest BCUT2D eigenvalue weighted by Gasteiger charge is 2.53. The van der Waals surface area contributed by atoms with Crippen molar-refractivity contribution < 1.29 is 24.1 Å². The number of hydrogen-bond donors (Lipinski definition) is 2. The number of carbonyl (C=O) groups is 1. The van der Waals surface area contributed by atoms with Crippen molar-refractivity contribution >= 4 is 5.97 Å². The summed E-state index contributed by atoms with van der Waals surface area (Å²) in [6.45, 7) is 4.75. The number of esters is 1. The van der Waals surface area contributed by atoms with E-state index < -0.39 is 17.0 Å². The maximum Gasteiger partial charge on any atom is 0.319 e. The van der Waals surface area contributed by atoms with E-state index in [0.717, 1.165) is 12.0 Å². The lowest BCUT2D eigenvalue weighted by atomic mass is 9.72. The molecule has 1 aliphatic carbocycles. The summed E-state index contributed by atoms with van der Waals surface area (Å²) in [7, 11) is 1.68. The zero-order valence-corrected chi connectivity index (χ0v) is 16.9. The van der Waals surface area contributed by atoms with E-state index in [4.69, 9.17) is 14.2 Å². The van der Waals surface area contributed by atoms with Crippen LogP contribution in [-0.2, 0) is 25.6 Å². The summed E-state index contributed by atoms with van der Waals surface area (Å²) in [6, 6.07) is 9.66. The number of aliphatic hydroxyl groups is 1. The fourth-order valence-corrected chi connectivity index (χ4v) is 3.99. The molecule has 3 rings (SSSR count). The highest BCUT2D eigenvalue weighted by Crippen LogP contribution is 2.43. The smallest absolute Gasteiger partial charge is 0.319 e. The van der Waals surface area contributed by atoms with E-state index >= 15 is 0 Å². The average Bonchev–Trinajstić information content (AvgIpc) is 3.13. The Kier molecular flexibility index (Phi) is 6.55. The molecule has 1 aromatic rings. The summed E-state index contributed by atoms with van der Waals surface area (Å²) >= 11 is 0. The Balaban J connectivity index is 1.67. The first-order chi connectivity index (χ1) is 13.4. The minimum Gasteiger partial charge on any atom is -0.460 e. The van der Waals surface area contributed by atoms with Gasteiger partial charge in [-0.3, -0.25) is 4.79 Å². The van der Waals surface area contributed by atoms with Gasteiger partial charge in [0.15, 0.2) is 0 Å². The van der Waals surface area contributed by atoms with Gasteiger partial charge in [0.1, 0.15) is 12.0 Å². The highest BCUT2D eigenvalue weighted by molar-refractivity contribution is 5.81. The van der Waals surface area contributed by atoms with Crippen LogP contribution in [0.4, 0.5) is 0 Å². The second-order valence-electron chi connectivity index (χ2n) is 8.17. The SMILES string of the molecule is CO[C@@H]1COCCC1N[C@@H]1C=C[C@@](C(=O)OCc2ccccc2)(C(C)(C)O)C1. The molecule has 0 saturated carbocycles. The molecule has 2 aliphatic rings. The first-order valence-electron chi connectivity index (χ1n) is 9.85. The lowest BCUT2D eigenvalue weighted by Crippen LogP contribution is -2.53. The third-order valence-corrected chi connectivity index (χ3v) is 5.86. The van der Waals surface area contributed by atoms with Crippen LogP contribution in [0.3, 0.4) is 0 Å². The summed E-state index contributed by atoms with van der Waals surface area (Å²) in [4.78, 5) is 13.0. The first kappa shape index (κ1) is 21.0. The molecular formula is C22H31NO5. The number of rotatable bonds is 7. The largest absolute Gasteiger partial charge is 0.460 e. The molecule has 4 atom stereocenters. The van der Waals surface area contributed by atoms with E-state index in [9.17, 15) is 9.90 Å². The molecule has 0 bridgehead atoms. The minimum atomic E-state index is -1.25. The molecule has 0 spiro atoms. The topological polar surface area (TPSA) is 77.0 Å². The molecule has 6 nitrogen and oxygen atoms in total. The number of nitrogens with one attached hydrogen (secondary N) is 1. The molecule has 1 aromatic carbocycles. The van der Waals surface area contributed by atoms with Crippen molar-refractivity contribution in [2.75, 3.05) is 20.3 Å². The van der Waals surface area contributed by atoms with Gasteiger partial charge in [0.2, 0.25) is 0 Å². The van der Waals surface area contributed by atoms with Crippen molar-refractivity contribution in [2.24, 2.45) is 5.41 Å². The van der Waals surface area contributed by atoms with E-state index in [-0.39, 0.29) is 24.8 Å². The van der Waals surface area contributed by atoms with Crippen molar-refractivity contribution in [1.29, 1.82) is 0 Å². The zero-order chi connectivity index (χ0) is 20.2. The highest BCUT2D eigenvalue weighted by atomic mass is 16.5. The van der Waals surface area contributed by atoms with Gasteiger partial charge in [-0.25, -0.2) is 0 Å². The predicted octanol–water partition coefficient (Wildman–Crippen LogP) is 2.21. The third kappa shape index (κ3) is 4.46. The Morgan fingerprint density at radius 2 is 2.11 bits per heavy atom. The van der Waals surface area contributed by atoms with Gasteiger partial charge in [0, 0.05) is 25.8 Å². The predicted molar refractivity (Wildman–Crippen MR) is 106 cm³/mol. The maximum absolute atomic E-state index is 13.0. The van der Waals surface area contributed by atoms with Crippen LogP contribution >= 0.6 is 0 Å². The van der Waals surface area contributed by atoms with Crippen LogP contribution in [0.5, 0.6) is 0 Å². The quantitative estimate of drug-likeness (QED) is 0.550. The molecular weight excluding hydrogens is 358 g/mol. The van der Waals surface area contributed by atoms with Gasteiger partial charge in [0.05, 0.1) is 18.3 Å². The fourth-order valence-electron chi connectivity index (χ4n) is 3.99. The van der Waals surface area contributed by atoms with Crippen LogP contribution in [0.1, 0.15) is 32.3 Å². The maximum atomic E-state index is 13.0. The molecule has 0 amide bonds. The second-order valence-corrected chi connectivity index (χ2v) is 8.17. The molecule has 1 fully saturated rings. The normalized spacial score (nSPS) is 30.4. The van der Waals surface area contributed by atoms with Gasteiger partial charge in [-0.1, -0.05) is 42.5 Å². The van der Waals surface area contributed by atoms with Gasteiger partial charge in [-0.15, -0.1) is 0 Å². The second kappa shape index (κ2) is 8.74. The molecule has 1 aliphatic heterocycles. The van der Waals surface area contributed by atoms with Crippen LogP contribution in [0.25, 0.3) is 0 Å². The molecule has 1 saturated heterocycles. The first-order valence-corrected chi connectivity index (χ1v) is 9.85. The zero-order valence-electron chi connectivity index (χ0n) is 16.9. The van der Waals surface area contributed by atoms with Crippen LogP contribution < -0.4 is 5.32 Å². The van der Waals surface area contributed by atoms with E-state index in [1.54, 1.807) is 27.0 Å². The number of benzene rings is 1. The van der Waals surface area contributed by atoms with E-state index in [2.05, 4.69) is 5.32 Å². The standard InChI is InChI=1S/C22H31NO5/c1-21(2,25)22(20(24)28-14-16-7-5-4-6-8-16)11-9-17(13-22)23-18-10-12-27-15-19(18)26-3/h4-9,11,17-19,23,25H,10,12-15H2,1-3H3/t17-,18?,19-,22-/m1/s1. The Bertz CT molecular complexity index is 684. The van der Waals surface area contributed by atoms with E-state index in [0.29, 0.717) is 19.6 Å². The molecule has 0 radical (unpaired) electrons. The van der Waals surface area contributed by atoms with Gasteiger partial charge in [0.25, 0.3) is 0 Å². The van der Waals surface area contributed by atoms with Crippen LogP contribution in [-0.4, -0.2) is 55.2 Å². The molecule has 2 N–H and O–H groups in total. The minimum absolute atomic E-state index is 0.0238. The molecule has 1 unspecified atom stereocenters. The van der Waals surface area contributed by atoms with Crippen molar-refractivity contribution in [2.45, 2.75) is 57.1 Å². The Labute approximate surface area is 166 Å². The van der Waals surface area contributed by atoms with Gasteiger partial charge < -0.3 is 24.6 Å². The van der Waals surface area contributed by atoms with Gasteiger partial charge in [-0.05, 0) is 32.3 Å². The summed E-state index contributed by atoms with van der Waals surface area (Å²) in [5.41, 5.74) is -1.42. The van der Waals surface area contributed by atoms with E-state index in [1.807, 2.05) is 36.4 Å². The van der Waals surface area contributed by atoms with Gasteiger partial charge in [-0.2, -0.15) is 0 Å². The summed E-state index contributed by atoms with van der Waals surface area (Å²) in [5.74, 6) is -0.403. The summed E-state index contributed by atoms with van der Waals surface area (Å²) in [6.07, 6.45) is 5.03. The number of ether oxygens (including phenoxy) is 3. The summed E-state index contributed by atoms with van der Waals surface area (Å²) < 4.78 is 16.6. The van der Waals surface area contributed by atoms with Gasteiger partial charge >= 0.3 is 5.97 Å². The van der Waals surface area contributed by atoms with Crippen molar-refractivity contribution in [3.63, 3.8) is 0 Å². The molecule has 28 heavy (non-hydrogen) atoms. The third-order valence-electron chi connectivity index (χ3n) is 5.86. The monoisotopic (exact) mass is 389 g/mol. The van der Waals surface area contributed by atoms with E-state index in [1.165, 1.54) is 0 Å². The number of hydrogen-bond acceptors (Lipinski definition) is 6. The molecule has 6 heteroatoms. The number of carbonyl (C=O) groups excluding carboxylic acids is 1. The fraction of sp³-hybridized carbons (Fsp3) is 0.591. The summed E-state index contributed by atoms with van der Waals surface area (Å²) in [5, 5.41) is 14.4. The lowest BCUT2D eigenvalue weighted by molar-refractivity contribution is -0.167. The average molecular weight is 389 g/mol. The van der Waals surface area contributed by atoms with Crippen LogP contribution in [0.2, 0.25) is 0 Å².